The van der Waals surface area contributed by atoms with Crippen molar-refractivity contribution in [2.24, 2.45) is 0 Å². The van der Waals surface area contributed by atoms with Gasteiger partial charge in [-0.25, -0.2) is 0 Å². The van der Waals surface area contributed by atoms with Gasteiger partial charge in [-0.2, -0.15) is 11.3 Å². The molecule has 0 radical (unpaired) electrons. The molecule has 4 nitrogen and oxygen atoms in total. The van der Waals surface area contributed by atoms with Crippen molar-refractivity contribution in [2.45, 2.75) is 6.10 Å². The Hall–Kier alpha value is -1.85. The summed E-state index contributed by atoms with van der Waals surface area (Å²) in [6, 6.07) is 9.44. The molecular formula is C15H17NO3S. The van der Waals surface area contributed by atoms with Crippen LogP contribution in [0.25, 0.3) is 0 Å². The van der Waals surface area contributed by atoms with E-state index in [-0.39, 0.29) is 12.0 Å². The summed E-state index contributed by atoms with van der Waals surface area (Å²) < 4.78 is 10.6. The number of carbonyl (C=O) groups excluding carboxylic acids is 1. The van der Waals surface area contributed by atoms with E-state index in [4.69, 9.17) is 9.47 Å². The highest BCUT2D eigenvalue weighted by molar-refractivity contribution is 7.08. The minimum absolute atomic E-state index is 0.0869. The van der Waals surface area contributed by atoms with Gasteiger partial charge in [0.25, 0.3) is 5.91 Å². The van der Waals surface area contributed by atoms with Crippen molar-refractivity contribution in [2.75, 3.05) is 20.8 Å². The van der Waals surface area contributed by atoms with Gasteiger partial charge in [0.15, 0.2) is 0 Å². The summed E-state index contributed by atoms with van der Waals surface area (Å²) in [6.07, 6.45) is -0.201. The molecule has 5 heteroatoms. The number of ether oxygens (including phenoxy) is 2. The van der Waals surface area contributed by atoms with E-state index in [0.29, 0.717) is 12.1 Å². The van der Waals surface area contributed by atoms with E-state index >= 15 is 0 Å². The number of amides is 1. The summed E-state index contributed by atoms with van der Waals surface area (Å²) in [5, 5.41) is 6.58. The van der Waals surface area contributed by atoms with Crippen LogP contribution >= 0.6 is 11.3 Å². The molecule has 0 aliphatic heterocycles. The third-order valence-corrected chi connectivity index (χ3v) is 3.66. The molecule has 0 saturated carbocycles. The molecule has 2 aromatic rings. The Kier molecular flexibility index (Phi) is 5.15. The first-order valence-electron chi connectivity index (χ1n) is 6.21. The van der Waals surface area contributed by atoms with Crippen LogP contribution in [0.4, 0.5) is 0 Å². The average Bonchev–Trinajstić information content (AvgIpc) is 3.02. The molecule has 0 fully saturated rings. The maximum absolute atomic E-state index is 11.9. The molecule has 1 unspecified atom stereocenters. The Morgan fingerprint density at radius 1 is 1.35 bits per heavy atom. The maximum Gasteiger partial charge on any atom is 0.252 e. The normalized spacial score (nSPS) is 11.9. The van der Waals surface area contributed by atoms with Crippen molar-refractivity contribution in [1.82, 2.24) is 5.32 Å². The Balaban J connectivity index is 2.00. The van der Waals surface area contributed by atoms with Crippen molar-refractivity contribution in [1.29, 1.82) is 0 Å². The zero-order chi connectivity index (χ0) is 14.4. The summed E-state index contributed by atoms with van der Waals surface area (Å²) in [6.45, 7) is 0.415. The molecular weight excluding hydrogens is 274 g/mol. The quantitative estimate of drug-likeness (QED) is 0.890. The average molecular weight is 291 g/mol. The Morgan fingerprint density at radius 2 is 2.20 bits per heavy atom. The van der Waals surface area contributed by atoms with Gasteiger partial charge in [-0.3, -0.25) is 4.79 Å². The fourth-order valence-electron chi connectivity index (χ4n) is 1.86. The van der Waals surface area contributed by atoms with Crippen LogP contribution in [0.3, 0.4) is 0 Å². The second-order valence-corrected chi connectivity index (χ2v) is 5.00. The lowest BCUT2D eigenvalue weighted by Gasteiger charge is -2.17. The highest BCUT2D eigenvalue weighted by atomic mass is 32.1. The van der Waals surface area contributed by atoms with Gasteiger partial charge in [0.1, 0.15) is 5.75 Å². The van der Waals surface area contributed by atoms with Crippen LogP contribution in [-0.4, -0.2) is 26.7 Å². The lowest BCUT2D eigenvalue weighted by molar-refractivity contribution is 0.0827. The number of methoxy groups -OCH3 is 2. The summed E-state index contributed by atoms with van der Waals surface area (Å²) in [4.78, 5) is 11.9. The van der Waals surface area contributed by atoms with Gasteiger partial charge < -0.3 is 14.8 Å². The topological polar surface area (TPSA) is 47.6 Å². The largest absolute Gasteiger partial charge is 0.497 e. The second-order valence-electron chi connectivity index (χ2n) is 4.22. The number of nitrogens with one attached hydrogen (secondary N) is 1. The Labute approximate surface area is 122 Å². The van der Waals surface area contributed by atoms with Crippen LogP contribution in [0.5, 0.6) is 5.75 Å². The molecule has 1 atom stereocenters. The smallest absolute Gasteiger partial charge is 0.252 e. The highest BCUT2D eigenvalue weighted by Crippen LogP contribution is 2.21. The minimum atomic E-state index is -0.201. The molecule has 1 N–H and O–H groups in total. The number of benzene rings is 1. The summed E-state index contributed by atoms with van der Waals surface area (Å²) in [7, 11) is 3.25. The molecule has 20 heavy (non-hydrogen) atoms. The van der Waals surface area contributed by atoms with Crippen molar-refractivity contribution >= 4 is 17.2 Å². The van der Waals surface area contributed by atoms with Crippen molar-refractivity contribution in [3.63, 3.8) is 0 Å². The molecule has 0 aliphatic carbocycles. The number of rotatable bonds is 6. The zero-order valence-electron chi connectivity index (χ0n) is 11.5. The molecule has 0 saturated heterocycles. The van der Waals surface area contributed by atoms with Crippen LogP contribution in [0, 0.1) is 0 Å². The molecule has 106 valence electrons. The molecule has 1 amide bonds. The van der Waals surface area contributed by atoms with Crippen LogP contribution in [0.2, 0.25) is 0 Å². The summed E-state index contributed by atoms with van der Waals surface area (Å²) >= 11 is 1.50. The van der Waals surface area contributed by atoms with E-state index in [1.54, 1.807) is 20.3 Å². The van der Waals surface area contributed by atoms with E-state index in [1.807, 2.05) is 35.0 Å². The molecule has 1 aromatic carbocycles. The minimum Gasteiger partial charge on any atom is -0.497 e. The predicted octanol–water partition coefficient (Wildman–Crippen LogP) is 2.87. The fraction of sp³-hybridized carbons (Fsp3) is 0.267. The molecule has 0 spiro atoms. The van der Waals surface area contributed by atoms with E-state index in [2.05, 4.69) is 5.32 Å². The van der Waals surface area contributed by atoms with Gasteiger partial charge in [-0.05, 0) is 29.1 Å². The highest BCUT2D eigenvalue weighted by Gasteiger charge is 2.13. The van der Waals surface area contributed by atoms with Crippen LogP contribution in [-0.2, 0) is 4.74 Å². The van der Waals surface area contributed by atoms with Crippen LogP contribution in [0.15, 0.2) is 41.1 Å². The SMILES string of the molecule is COc1cccc(C(CNC(=O)c2ccsc2)OC)c1. The van der Waals surface area contributed by atoms with E-state index in [1.165, 1.54) is 11.3 Å². The first kappa shape index (κ1) is 14.6. The first-order valence-corrected chi connectivity index (χ1v) is 7.16. The van der Waals surface area contributed by atoms with E-state index in [0.717, 1.165) is 11.3 Å². The fourth-order valence-corrected chi connectivity index (χ4v) is 2.50. The van der Waals surface area contributed by atoms with Gasteiger partial charge in [0, 0.05) is 24.6 Å². The van der Waals surface area contributed by atoms with E-state index < -0.39 is 0 Å². The summed E-state index contributed by atoms with van der Waals surface area (Å²) in [5.74, 6) is 0.685. The Bertz CT molecular complexity index is 554. The molecule has 1 heterocycles. The number of carbonyl (C=O) groups is 1. The predicted molar refractivity (Wildman–Crippen MR) is 79.4 cm³/mol. The standard InChI is InChI=1S/C15H17NO3S/c1-18-13-5-3-4-11(8-13)14(19-2)9-16-15(17)12-6-7-20-10-12/h3-8,10,14H,9H2,1-2H3,(H,16,17). The van der Waals surface area contributed by atoms with Crippen molar-refractivity contribution in [3.05, 3.63) is 52.2 Å². The van der Waals surface area contributed by atoms with Gasteiger partial charge in [-0.15, -0.1) is 0 Å². The number of hydrogen-bond acceptors (Lipinski definition) is 4. The third-order valence-electron chi connectivity index (χ3n) is 2.98. The van der Waals surface area contributed by atoms with Gasteiger partial charge in [0.05, 0.1) is 13.2 Å². The molecule has 1 aromatic heterocycles. The van der Waals surface area contributed by atoms with Crippen molar-refractivity contribution < 1.29 is 14.3 Å². The zero-order valence-corrected chi connectivity index (χ0v) is 12.3. The molecule has 0 bridgehead atoms. The second kappa shape index (κ2) is 7.07. The van der Waals surface area contributed by atoms with E-state index in [9.17, 15) is 4.79 Å². The number of hydrogen-bond donors (Lipinski definition) is 1. The lowest BCUT2D eigenvalue weighted by Crippen LogP contribution is -2.28. The monoisotopic (exact) mass is 291 g/mol. The number of thiophene rings is 1. The van der Waals surface area contributed by atoms with Gasteiger partial charge in [0.2, 0.25) is 0 Å². The van der Waals surface area contributed by atoms with Crippen molar-refractivity contribution in [3.8, 4) is 5.75 Å². The summed E-state index contributed by atoms with van der Waals surface area (Å²) in [5.41, 5.74) is 1.65. The van der Waals surface area contributed by atoms with Crippen LogP contribution in [0.1, 0.15) is 22.0 Å². The lowest BCUT2D eigenvalue weighted by atomic mass is 10.1. The van der Waals surface area contributed by atoms with Crippen LogP contribution < -0.4 is 10.1 Å². The first-order chi connectivity index (χ1) is 9.74. The van der Waals surface area contributed by atoms with Gasteiger partial charge in [-0.1, -0.05) is 12.1 Å². The Morgan fingerprint density at radius 3 is 2.85 bits per heavy atom. The molecule has 0 aliphatic rings. The maximum atomic E-state index is 11.9. The third kappa shape index (κ3) is 3.59. The molecule has 2 rings (SSSR count). The van der Waals surface area contributed by atoms with Gasteiger partial charge >= 0.3 is 0 Å².